The summed E-state index contributed by atoms with van der Waals surface area (Å²) in [5.41, 5.74) is 1.31. The first-order valence-electron chi connectivity index (χ1n) is 8.99. The molecule has 3 aromatic rings. The molecule has 1 heterocycles. The fraction of sp³-hybridized carbons (Fsp3) is 0.182. The van der Waals surface area contributed by atoms with Gasteiger partial charge in [0.05, 0.1) is 5.69 Å². The summed E-state index contributed by atoms with van der Waals surface area (Å²) in [5, 5.41) is 5.15. The smallest absolute Gasteiger partial charge is 0.323 e. The standard InChI is InChI=1S/C22H21BrFN3O2/c1-22(2,3)15-7-4-5-9-19(15)29-20-18(8-6-12-25-20)27-21(28)26-17-11-10-14(23)13-16(17)24/h4-13H,1-3H3,(H2,26,27,28). The van der Waals surface area contributed by atoms with Crippen LogP contribution in [0.5, 0.6) is 11.6 Å². The van der Waals surface area contributed by atoms with Crippen molar-refractivity contribution in [3.05, 3.63) is 76.6 Å². The van der Waals surface area contributed by atoms with Gasteiger partial charge in [0.15, 0.2) is 0 Å². The SMILES string of the molecule is CC(C)(C)c1ccccc1Oc1ncccc1NC(=O)Nc1ccc(Br)cc1F. The van der Waals surface area contributed by atoms with E-state index in [1.54, 1.807) is 24.4 Å². The fourth-order valence-corrected chi connectivity index (χ4v) is 3.05. The minimum atomic E-state index is -0.604. The molecule has 2 N–H and O–H groups in total. The molecule has 0 atom stereocenters. The summed E-state index contributed by atoms with van der Waals surface area (Å²) in [5.74, 6) is 0.355. The topological polar surface area (TPSA) is 63.2 Å². The number of amides is 2. The van der Waals surface area contributed by atoms with Crippen molar-refractivity contribution in [3.63, 3.8) is 0 Å². The Balaban J connectivity index is 1.80. The van der Waals surface area contributed by atoms with E-state index in [0.717, 1.165) is 5.56 Å². The zero-order chi connectivity index (χ0) is 21.0. The zero-order valence-corrected chi connectivity index (χ0v) is 17.9. The molecule has 0 radical (unpaired) electrons. The van der Waals surface area contributed by atoms with Gasteiger partial charge >= 0.3 is 6.03 Å². The lowest BCUT2D eigenvalue weighted by Gasteiger charge is -2.22. The molecule has 0 aliphatic rings. The van der Waals surface area contributed by atoms with Crippen molar-refractivity contribution in [2.45, 2.75) is 26.2 Å². The number of carbonyl (C=O) groups is 1. The Morgan fingerprint density at radius 2 is 1.76 bits per heavy atom. The Hall–Kier alpha value is -2.93. The Labute approximate surface area is 177 Å². The number of halogens is 2. The predicted molar refractivity (Wildman–Crippen MR) is 116 cm³/mol. The van der Waals surface area contributed by atoms with Crippen LogP contribution in [0.25, 0.3) is 0 Å². The second kappa shape index (κ2) is 8.61. The second-order valence-corrected chi connectivity index (χ2v) is 8.32. The first-order valence-corrected chi connectivity index (χ1v) is 9.79. The minimum absolute atomic E-state index is 0.0649. The summed E-state index contributed by atoms with van der Waals surface area (Å²) < 4.78 is 20.6. The lowest BCUT2D eigenvalue weighted by Crippen LogP contribution is -2.20. The molecular formula is C22H21BrFN3O2. The molecule has 3 rings (SSSR count). The average molecular weight is 458 g/mol. The molecule has 1 aromatic heterocycles. The highest BCUT2D eigenvalue weighted by atomic mass is 79.9. The molecule has 2 amide bonds. The summed E-state index contributed by atoms with van der Waals surface area (Å²) in [6.45, 7) is 6.27. The maximum absolute atomic E-state index is 14.0. The van der Waals surface area contributed by atoms with Crippen molar-refractivity contribution in [1.82, 2.24) is 4.98 Å². The molecule has 29 heavy (non-hydrogen) atoms. The maximum atomic E-state index is 14.0. The van der Waals surface area contributed by atoms with E-state index in [4.69, 9.17) is 4.74 Å². The van der Waals surface area contributed by atoms with Gasteiger partial charge in [0.1, 0.15) is 17.3 Å². The first-order chi connectivity index (χ1) is 13.7. The van der Waals surface area contributed by atoms with Crippen molar-refractivity contribution in [3.8, 4) is 11.6 Å². The maximum Gasteiger partial charge on any atom is 0.323 e. The average Bonchev–Trinajstić information content (AvgIpc) is 2.65. The van der Waals surface area contributed by atoms with E-state index in [1.165, 1.54) is 12.1 Å². The van der Waals surface area contributed by atoms with Gasteiger partial charge in [-0.2, -0.15) is 0 Å². The van der Waals surface area contributed by atoms with Crippen LogP contribution in [0, 0.1) is 5.82 Å². The van der Waals surface area contributed by atoms with E-state index < -0.39 is 11.8 Å². The van der Waals surface area contributed by atoms with Gasteiger partial charge in [0, 0.05) is 16.2 Å². The monoisotopic (exact) mass is 457 g/mol. The third kappa shape index (κ3) is 5.32. The van der Waals surface area contributed by atoms with Gasteiger partial charge in [0.2, 0.25) is 5.88 Å². The van der Waals surface area contributed by atoms with Gasteiger partial charge in [-0.1, -0.05) is 54.9 Å². The molecule has 5 nitrogen and oxygen atoms in total. The molecule has 150 valence electrons. The van der Waals surface area contributed by atoms with E-state index >= 15 is 0 Å². The number of nitrogens with zero attached hydrogens (tertiary/aromatic N) is 1. The van der Waals surface area contributed by atoms with E-state index in [1.807, 2.05) is 24.3 Å². The number of ether oxygens (including phenoxy) is 1. The van der Waals surface area contributed by atoms with E-state index in [2.05, 4.69) is 52.3 Å². The lowest BCUT2D eigenvalue weighted by atomic mass is 9.86. The van der Waals surface area contributed by atoms with Gasteiger partial charge in [-0.05, 0) is 41.8 Å². The summed E-state index contributed by atoms with van der Waals surface area (Å²) in [4.78, 5) is 16.6. The quantitative estimate of drug-likeness (QED) is 0.457. The van der Waals surface area contributed by atoms with Crippen LogP contribution in [-0.2, 0) is 5.41 Å². The van der Waals surface area contributed by atoms with E-state index in [9.17, 15) is 9.18 Å². The number of benzene rings is 2. The van der Waals surface area contributed by atoms with Crippen LogP contribution in [-0.4, -0.2) is 11.0 Å². The third-order valence-electron chi connectivity index (χ3n) is 4.10. The van der Waals surface area contributed by atoms with Crippen LogP contribution in [0.2, 0.25) is 0 Å². The van der Waals surface area contributed by atoms with Crippen LogP contribution < -0.4 is 15.4 Å². The van der Waals surface area contributed by atoms with E-state index in [-0.39, 0.29) is 17.0 Å². The van der Waals surface area contributed by atoms with Crippen molar-refractivity contribution in [1.29, 1.82) is 0 Å². The molecule has 0 saturated heterocycles. The fourth-order valence-electron chi connectivity index (χ4n) is 2.71. The number of urea groups is 1. The molecule has 0 aliphatic heterocycles. The number of carbonyl (C=O) groups excluding carboxylic acids is 1. The number of nitrogens with one attached hydrogen (secondary N) is 2. The number of aromatic nitrogens is 1. The van der Waals surface area contributed by atoms with E-state index in [0.29, 0.717) is 15.9 Å². The molecule has 0 fully saturated rings. The summed E-state index contributed by atoms with van der Waals surface area (Å²) in [7, 11) is 0. The van der Waals surface area contributed by atoms with Gasteiger partial charge < -0.3 is 15.4 Å². The molecule has 0 bridgehead atoms. The Morgan fingerprint density at radius 3 is 2.48 bits per heavy atom. The number of pyridine rings is 1. The Bertz CT molecular complexity index is 1030. The number of anilines is 2. The second-order valence-electron chi connectivity index (χ2n) is 7.41. The van der Waals surface area contributed by atoms with Crippen molar-refractivity contribution in [2.75, 3.05) is 10.6 Å². The normalized spacial score (nSPS) is 11.1. The highest BCUT2D eigenvalue weighted by Crippen LogP contribution is 2.35. The molecule has 0 spiro atoms. The molecule has 2 aromatic carbocycles. The van der Waals surface area contributed by atoms with Crippen LogP contribution in [0.3, 0.4) is 0 Å². The summed E-state index contributed by atoms with van der Waals surface area (Å²) in [6.07, 6.45) is 1.58. The van der Waals surface area contributed by atoms with Gasteiger partial charge in [-0.15, -0.1) is 0 Å². The van der Waals surface area contributed by atoms with Crippen LogP contribution in [0.4, 0.5) is 20.6 Å². The first kappa shape index (κ1) is 20.8. The number of hydrogen-bond acceptors (Lipinski definition) is 3. The van der Waals surface area contributed by atoms with Crippen LogP contribution in [0.15, 0.2) is 65.3 Å². The van der Waals surface area contributed by atoms with Crippen LogP contribution >= 0.6 is 15.9 Å². The van der Waals surface area contributed by atoms with Crippen molar-refractivity contribution < 1.29 is 13.9 Å². The van der Waals surface area contributed by atoms with Crippen molar-refractivity contribution >= 4 is 33.3 Å². The van der Waals surface area contributed by atoms with Gasteiger partial charge in [-0.25, -0.2) is 14.2 Å². The molecular weight excluding hydrogens is 437 g/mol. The zero-order valence-electron chi connectivity index (χ0n) is 16.3. The van der Waals surface area contributed by atoms with Gasteiger partial charge in [-0.3, -0.25) is 0 Å². The lowest BCUT2D eigenvalue weighted by molar-refractivity contribution is 0.262. The van der Waals surface area contributed by atoms with Crippen LogP contribution in [0.1, 0.15) is 26.3 Å². The van der Waals surface area contributed by atoms with Crippen molar-refractivity contribution in [2.24, 2.45) is 0 Å². The Morgan fingerprint density at radius 1 is 1.03 bits per heavy atom. The molecule has 0 unspecified atom stereocenters. The summed E-state index contributed by atoms with van der Waals surface area (Å²) >= 11 is 3.18. The number of para-hydroxylation sites is 1. The minimum Gasteiger partial charge on any atom is -0.437 e. The van der Waals surface area contributed by atoms with Gasteiger partial charge in [0.25, 0.3) is 0 Å². The highest BCUT2D eigenvalue weighted by Gasteiger charge is 2.20. The number of rotatable bonds is 4. The Kier molecular flexibility index (Phi) is 6.17. The highest BCUT2D eigenvalue weighted by molar-refractivity contribution is 9.10. The predicted octanol–water partition coefficient (Wildman–Crippen LogP) is 6.72. The number of hydrogen-bond donors (Lipinski definition) is 2. The molecule has 0 aliphatic carbocycles. The summed E-state index contributed by atoms with van der Waals surface area (Å²) in [6, 6.07) is 14.8. The largest absolute Gasteiger partial charge is 0.437 e. The third-order valence-corrected chi connectivity index (χ3v) is 4.59. The molecule has 0 saturated carbocycles. The molecule has 7 heteroatoms.